The van der Waals surface area contributed by atoms with Crippen molar-refractivity contribution < 1.29 is 24.2 Å². The second-order valence-corrected chi connectivity index (χ2v) is 7.50. The number of rotatable bonds is 9. The number of pyridine rings is 1. The fourth-order valence-corrected chi connectivity index (χ4v) is 3.59. The molecule has 0 radical (unpaired) electrons. The molecule has 0 saturated carbocycles. The normalized spacial score (nSPS) is 18.1. The van der Waals surface area contributed by atoms with E-state index < -0.39 is 17.7 Å². The number of ketones is 1. The van der Waals surface area contributed by atoms with Gasteiger partial charge < -0.3 is 19.5 Å². The lowest BCUT2D eigenvalue weighted by Gasteiger charge is -2.25. The maximum atomic E-state index is 12.9. The van der Waals surface area contributed by atoms with Crippen LogP contribution in [0.1, 0.15) is 44.4 Å². The summed E-state index contributed by atoms with van der Waals surface area (Å²) < 4.78 is 11.0. The Morgan fingerprint density at radius 1 is 1.13 bits per heavy atom. The van der Waals surface area contributed by atoms with E-state index in [2.05, 4.69) is 4.98 Å². The summed E-state index contributed by atoms with van der Waals surface area (Å²) >= 11 is 0. The number of hydrogen-bond donors (Lipinski definition) is 1. The summed E-state index contributed by atoms with van der Waals surface area (Å²) in [7, 11) is 0. The fourth-order valence-electron chi connectivity index (χ4n) is 3.59. The highest BCUT2D eigenvalue weighted by Gasteiger charge is 2.45. The monoisotopic (exact) mass is 424 g/mol. The lowest BCUT2D eigenvalue weighted by atomic mass is 9.96. The average Bonchev–Trinajstić information content (AvgIpc) is 3.02. The zero-order valence-corrected chi connectivity index (χ0v) is 18.1. The lowest BCUT2D eigenvalue weighted by molar-refractivity contribution is -0.140. The molecule has 7 nitrogen and oxygen atoms in total. The molecule has 1 aliphatic rings. The Labute approximate surface area is 182 Å². The van der Waals surface area contributed by atoms with Gasteiger partial charge in [0, 0.05) is 31.1 Å². The minimum absolute atomic E-state index is 0.0742. The molecule has 1 saturated heterocycles. The Hall–Kier alpha value is -3.19. The maximum Gasteiger partial charge on any atom is 0.295 e. The molecule has 2 aromatic rings. The third-order valence-electron chi connectivity index (χ3n) is 5.00. The van der Waals surface area contributed by atoms with Crippen molar-refractivity contribution in [3.05, 3.63) is 65.5 Å². The molecule has 0 spiro atoms. The molecule has 0 bridgehead atoms. The largest absolute Gasteiger partial charge is 0.507 e. The van der Waals surface area contributed by atoms with Gasteiger partial charge in [0.25, 0.3) is 11.7 Å². The average molecular weight is 424 g/mol. The Bertz CT molecular complexity index is 938. The third kappa shape index (κ3) is 5.11. The number of carbonyl (C=O) groups is 2. The first-order valence-electron chi connectivity index (χ1n) is 10.5. The van der Waals surface area contributed by atoms with Crippen LogP contribution in [0, 0.1) is 0 Å². The van der Waals surface area contributed by atoms with Gasteiger partial charge in [0.2, 0.25) is 0 Å². The van der Waals surface area contributed by atoms with E-state index in [1.165, 1.54) is 4.90 Å². The topological polar surface area (TPSA) is 89.0 Å². The maximum absolute atomic E-state index is 12.9. The Kier molecular flexibility index (Phi) is 7.41. The fraction of sp³-hybridized carbons (Fsp3) is 0.375. The number of Topliss-reactive ketones (excluding diaryl/α,β-unsaturated/α-hetero) is 1. The van der Waals surface area contributed by atoms with Crippen LogP contribution in [0.2, 0.25) is 0 Å². The number of carbonyl (C=O) groups excluding carboxylic acids is 2. The predicted octanol–water partition coefficient (Wildman–Crippen LogP) is 3.72. The standard InChI is InChI=1S/C24H28N2O5/c1-4-30-19-8-6-18(7-9-19)22(27)20-21(17-10-12-25-13-11-17)26(24(29)23(20)28)14-5-15-31-16(2)3/h6-13,16,21,27H,4-5,14-15H2,1-3H3/b22-20-. The van der Waals surface area contributed by atoms with E-state index in [-0.39, 0.29) is 17.4 Å². The van der Waals surface area contributed by atoms with Crippen LogP contribution < -0.4 is 4.74 Å². The predicted molar refractivity (Wildman–Crippen MR) is 117 cm³/mol. The van der Waals surface area contributed by atoms with Crippen LogP contribution in [0.5, 0.6) is 5.75 Å². The molecule has 1 aliphatic heterocycles. The SMILES string of the molecule is CCOc1ccc(/C(O)=C2/C(=O)C(=O)N(CCCOC(C)C)C2c2ccncc2)cc1. The molecule has 164 valence electrons. The van der Waals surface area contributed by atoms with Crippen LogP contribution >= 0.6 is 0 Å². The second kappa shape index (κ2) is 10.2. The van der Waals surface area contributed by atoms with Gasteiger partial charge in [0.1, 0.15) is 11.5 Å². The Balaban J connectivity index is 1.97. The van der Waals surface area contributed by atoms with Gasteiger partial charge in [-0.05, 0) is 69.2 Å². The summed E-state index contributed by atoms with van der Waals surface area (Å²) in [6.45, 7) is 7.11. The second-order valence-electron chi connectivity index (χ2n) is 7.50. The van der Waals surface area contributed by atoms with Crippen LogP contribution in [0.25, 0.3) is 5.76 Å². The van der Waals surface area contributed by atoms with E-state index in [1.807, 2.05) is 20.8 Å². The minimum Gasteiger partial charge on any atom is -0.507 e. The summed E-state index contributed by atoms with van der Waals surface area (Å²) in [5.74, 6) is -0.865. The van der Waals surface area contributed by atoms with Crippen LogP contribution in [0.4, 0.5) is 0 Å². The van der Waals surface area contributed by atoms with Crippen LogP contribution in [0.15, 0.2) is 54.4 Å². The summed E-state index contributed by atoms with van der Waals surface area (Å²) in [6, 6.07) is 9.60. The Morgan fingerprint density at radius 3 is 2.42 bits per heavy atom. The molecule has 2 heterocycles. The van der Waals surface area contributed by atoms with Crippen molar-refractivity contribution in [2.24, 2.45) is 0 Å². The number of aromatic nitrogens is 1. The van der Waals surface area contributed by atoms with Crippen molar-refractivity contribution in [2.75, 3.05) is 19.8 Å². The minimum atomic E-state index is -0.696. The molecule has 1 fully saturated rings. The van der Waals surface area contributed by atoms with E-state index in [0.29, 0.717) is 43.1 Å². The summed E-state index contributed by atoms with van der Waals surface area (Å²) in [5, 5.41) is 11.0. The lowest BCUT2D eigenvalue weighted by Crippen LogP contribution is -2.31. The first-order chi connectivity index (χ1) is 14.9. The van der Waals surface area contributed by atoms with Crippen molar-refractivity contribution in [1.82, 2.24) is 9.88 Å². The van der Waals surface area contributed by atoms with Crippen molar-refractivity contribution in [1.29, 1.82) is 0 Å². The number of hydrogen-bond acceptors (Lipinski definition) is 6. The van der Waals surface area contributed by atoms with Crippen molar-refractivity contribution in [3.63, 3.8) is 0 Å². The summed E-state index contributed by atoms with van der Waals surface area (Å²) in [4.78, 5) is 31.3. The molecule has 7 heteroatoms. The van der Waals surface area contributed by atoms with Gasteiger partial charge in [-0.25, -0.2) is 0 Å². The molecular weight excluding hydrogens is 396 g/mol. The van der Waals surface area contributed by atoms with E-state index in [4.69, 9.17) is 9.47 Å². The molecule has 1 aromatic carbocycles. The van der Waals surface area contributed by atoms with Gasteiger partial charge in [-0.2, -0.15) is 0 Å². The number of ether oxygens (including phenoxy) is 2. The van der Waals surface area contributed by atoms with Gasteiger partial charge in [0.15, 0.2) is 0 Å². The molecule has 1 atom stereocenters. The van der Waals surface area contributed by atoms with Gasteiger partial charge >= 0.3 is 0 Å². The number of benzene rings is 1. The van der Waals surface area contributed by atoms with E-state index >= 15 is 0 Å². The molecule has 1 aromatic heterocycles. The van der Waals surface area contributed by atoms with Gasteiger partial charge in [-0.15, -0.1) is 0 Å². The summed E-state index contributed by atoms with van der Waals surface area (Å²) in [5.41, 5.74) is 1.24. The molecule has 1 unspecified atom stereocenters. The highest BCUT2D eigenvalue weighted by Crippen LogP contribution is 2.39. The molecular formula is C24H28N2O5. The molecule has 3 rings (SSSR count). The molecule has 0 aliphatic carbocycles. The number of likely N-dealkylation sites (tertiary alicyclic amines) is 1. The highest BCUT2D eigenvalue weighted by atomic mass is 16.5. The zero-order valence-electron chi connectivity index (χ0n) is 18.1. The van der Waals surface area contributed by atoms with Crippen molar-refractivity contribution >= 4 is 17.4 Å². The highest BCUT2D eigenvalue weighted by molar-refractivity contribution is 6.46. The number of aliphatic hydroxyl groups excluding tert-OH is 1. The third-order valence-corrected chi connectivity index (χ3v) is 5.00. The van der Waals surface area contributed by atoms with Crippen LogP contribution in [-0.4, -0.2) is 52.5 Å². The Morgan fingerprint density at radius 2 is 1.81 bits per heavy atom. The summed E-state index contributed by atoms with van der Waals surface area (Å²) in [6.07, 6.45) is 3.88. The van der Waals surface area contributed by atoms with Crippen molar-refractivity contribution in [3.8, 4) is 5.75 Å². The van der Waals surface area contributed by atoms with Crippen molar-refractivity contribution in [2.45, 2.75) is 39.3 Å². The number of amides is 1. The molecule has 1 N–H and O–H groups in total. The number of aliphatic hydroxyl groups is 1. The van der Waals surface area contributed by atoms with Gasteiger partial charge in [0.05, 0.1) is 24.3 Å². The first-order valence-corrected chi connectivity index (χ1v) is 10.5. The van der Waals surface area contributed by atoms with Gasteiger partial charge in [-0.3, -0.25) is 14.6 Å². The molecule has 31 heavy (non-hydrogen) atoms. The van der Waals surface area contributed by atoms with E-state index in [9.17, 15) is 14.7 Å². The van der Waals surface area contributed by atoms with Gasteiger partial charge in [-0.1, -0.05) is 0 Å². The first kappa shape index (κ1) is 22.5. The van der Waals surface area contributed by atoms with Crippen LogP contribution in [0.3, 0.4) is 0 Å². The number of nitrogens with zero attached hydrogens (tertiary/aromatic N) is 2. The van der Waals surface area contributed by atoms with E-state index in [0.717, 1.165) is 0 Å². The quantitative estimate of drug-likeness (QED) is 0.286. The zero-order chi connectivity index (χ0) is 22.4. The molecule has 1 amide bonds. The van der Waals surface area contributed by atoms with E-state index in [1.54, 1.807) is 48.8 Å². The smallest absolute Gasteiger partial charge is 0.295 e. The van der Waals surface area contributed by atoms with Crippen LogP contribution in [-0.2, 0) is 14.3 Å².